The number of nitro groups is 1. The van der Waals surface area contributed by atoms with Gasteiger partial charge in [-0.2, -0.15) is 0 Å². The maximum atomic E-state index is 11.7. The highest BCUT2D eigenvalue weighted by molar-refractivity contribution is 7.13. The molecule has 134 valence electrons. The van der Waals surface area contributed by atoms with Gasteiger partial charge in [-0.3, -0.25) is 15.1 Å². The molecule has 1 N–H and O–H groups in total. The van der Waals surface area contributed by atoms with Crippen molar-refractivity contribution in [1.82, 2.24) is 9.97 Å². The van der Waals surface area contributed by atoms with Crippen LogP contribution in [0.2, 0.25) is 0 Å². The fraction of sp³-hybridized carbons (Fsp3) is 0.333. The molecular formula is C18H19N5O2S. The Morgan fingerprint density at radius 3 is 2.81 bits per heavy atom. The van der Waals surface area contributed by atoms with Crippen LogP contribution in [-0.4, -0.2) is 34.0 Å². The van der Waals surface area contributed by atoms with Crippen LogP contribution < -0.4 is 10.2 Å². The normalized spacial score (nSPS) is 15.3. The molecule has 0 unspecified atom stereocenters. The molecule has 0 aliphatic carbocycles. The van der Waals surface area contributed by atoms with Gasteiger partial charge in [-0.05, 0) is 44.0 Å². The van der Waals surface area contributed by atoms with Crippen molar-refractivity contribution in [3.05, 3.63) is 51.7 Å². The molecule has 0 radical (unpaired) electrons. The van der Waals surface area contributed by atoms with Gasteiger partial charge >= 0.3 is 5.69 Å². The van der Waals surface area contributed by atoms with E-state index < -0.39 is 0 Å². The first kappa shape index (κ1) is 16.7. The number of rotatable bonds is 4. The zero-order valence-corrected chi connectivity index (χ0v) is 15.2. The van der Waals surface area contributed by atoms with E-state index >= 15 is 0 Å². The Kier molecular flexibility index (Phi) is 4.42. The molecule has 26 heavy (non-hydrogen) atoms. The second kappa shape index (κ2) is 6.87. The van der Waals surface area contributed by atoms with Crippen molar-refractivity contribution in [2.75, 3.05) is 23.3 Å². The van der Waals surface area contributed by atoms with Crippen molar-refractivity contribution >= 4 is 38.7 Å². The Labute approximate surface area is 154 Å². The van der Waals surface area contributed by atoms with Crippen molar-refractivity contribution < 1.29 is 4.92 Å². The highest BCUT2D eigenvalue weighted by atomic mass is 32.1. The third-order valence-electron chi connectivity index (χ3n) is 4.70. The molecule has 3 aromatic rings. The van der Waals surface area contributed by atoms with Gasteiger partial charge in [0.2, 0.25) is 0 Å². The van der Waals surface area contributed by atoms with Gasteiger partial charge in [0.15, 0.2) is 5.13 Å². The van der Waals surface area contributed by atoms with Gasteiger partial charge in [-0.15, -0.1) is 11.3 Å². The van der Waals surface area contributed by atoms with E-state index in [0.29, 0.717) is 22.6 Å². The summed E-state index contributed by atoms with van der Waals surface area (Å²) in [7, 11) is 0. The van der Waals surface area contributed by atoms with Crippen molar-refractivity contribution in [2.45, 2.75) is 25.8 Å². The lowest BCUT2D eigenvalue weighted by Crippen LogP contribution is -2.39. The molecule has 0 bridgehead atoms. The number of aromatic nitrogens is 2. The molecule has 8 heteroatoms. The molecule has 1 aliphatic heterocycles. The summed E-state index contributed by atoms with van der Waals surface area (Å²) in [5.74, 6) is 0. The second-order valence-electron chi connectivity index (χ2n) is 6.46. The summed E-state index contributed by atoms with van der Waals surface area (Å²) in [6, 6.07) is 7.54. The van der Waals surface area contributed by atoms with Crippen molar-refractivity contribution in [1.29, 1.82) is 0 Å². The average molecular weight is 369 g/mol. The first-order valence-corrected chi connectivity index (χ1v) is 9.45. The van der Waals surface area contributed by atoms with E-state index in [1.165, 1.54) is 0 Å². The molecule has 0 saturated carbocycles. The Balaban J connectivity index is 1.54. The highest BCUT2D eigenvalue weighted by Gasteiger charge is 2.27. The fourth-order valence-corrected chi connectivity index (χ4v) is 4.20. The van der Waals surface area contributed by atoms with Crippen LogP contribution in [-0.2, 0) is 0 Å². The summed E-state index contributed by atoms with van der Waals surface area (Å²) in [5, 5.41) is 18.8. The number of pyridine rings is 1. The molecule has 1 aliphatic rings. The molecular weight excluding hydrogens is 350 g/mol. The van der Waals surface area contributed by atoms with E-state index in [2.05, 4.69) is 20.2 Å². The lowest BCUT2D eigenvalue weighted by Gasteiger charge is -2.33. The third kappa shape index (κ3) is 3.20. The van der Waals surface area contributed by atoms with Crippen molar-refractivity contribution in [2.24, 2.45) is 0 Å². The number of anilines is 2. The lowest BCUT2D eigenvalue weighted by molar-refractivity contribution is -0.382. The number of hydrogen-bond acceptors (Lipinski definition) is 7. The molecule has 1 saturated heterocycles. The van der Waals surface area contributed by atoms with E-state index in [4.69, 9.17) is 0 Å². The first-order valence-electron chi connectivity index (χ1n) is 8.57. The molecule has 2 aromatic heterocycles. The fourth-order valence-electron chi connectivity index (χ4n) is 3.43. The number of fused-ring (bicyclic) bond motifs is 1. The van der Waals surface area contributed by atoms with Crippen LogP contribution in [0, 0.1) is 17.0 Å². The Bertz CT molecular complexity index is 950. The minimum absolute atomic E-state index is 0.151. The topological polar surface area (TPSA) is 84.2 Å². The molecule has 4 rings (SSSR count). The maximum absolute atomic E-state index is 11.7. The van der Waals surface area contributed by atoms with Gasteiger partial charge < -0.3 is 10.2 Å². The van der Waals surface area contributed by atoms with Gasteiger partial charge in [0.05, 0.1) is 21.5 Å². The summed E-state index contributed by atoms with van der Waals surface area (Å²) in [4.78, 5) is 22.2. The van der Waals surface area contributed by atoms with Crippen LogP contribution in [0.15, 0.2) is 35.8 Å². The lowest BCUT2D eigenvalue weighted by atomic mass is 10.0. The number of hydrogen-bond donors (Lipinski definition) is 1. The Hall–Kier alpha value is -2.74. The van der Waals surface area contributed by atoms with Crippen LogP contribution in [0.25, 0.3) is 10.9 Å². The van der Waals surface area contributed by atoms with E-state index in [1.54, 1.807) is 29.7 Å². The van der Waals surface area contributed by atoms with Gasteiger partial charge in [0, 0.05) is 30.7 Å². The standard InChI is InChI=1S/C18H19N5O2S/c1-12-11-26-18(20-12)21-13-6-9-22(10-7-13)16-5-4-15-14(3-2-8-19-15)17(16)23(24)25/h2-5,8,11,13H,6-7,9-10H2,1H3,(H,20,21). The van der Waals surface area contributed by atoms with Crippen LogP contribution in [0.3, 0.4) is 0 Å². The van der Waals surface area contributed by atoms with Gasteiger partial charge in [0.25, 0.3) is 0 Å². The highest BCUT2D eigenvalue weighted by Crippen LogP contribution is 2.36. The van der Waals surface area contributed by atoms with Crippen LogP contribution in [0.1, 0.15) is 18.5 Å². The minimum Gasteiger partial charge on any atom is -0.366 e. The molecule has 0 atom stereocenters. The summed E-state index contributed by atoms with van der Waals surface area (Å²) >= 11 is 1.62. The Morgan fingerprint density at radius 2 is 2.12 bits per heavy atom. The van der Waals surface area contributed by atoms with E-state index in [0.717, 1.165) is 36.8 Å². The van der Waals surface area contributed by atoms with E-state index in [1.807, 2.05) is 24.4 Å². The smallest absolute Gasteiger partial charge is 0.301 e. The van der Waals surface area contributed by atoms with Crippen molar-refractivity contribution in [3.63, 3.8) is 0 Å². The summed E-state index contributed by atoms with van der Waals surface area (Å²) in [5.41, 5.74) is 2.51. The largest absolute Gasteiger partial charge is 0.366 e. The molecule has 1 fully saturated rings. The zero-order valence-electron chi connectivity index (χ0n) is 14.4. The third-order valence-corrected chi connectivity index (χ3v) is 5.59. The predicted molar refractivity (Wildman–Crippen MR) is 104 cm³/mol. The maximum Gasteiger partial charge on any atom is 0.301 e. The quantitative estimate of drug-likeness (QED) is 0.553. The number of benzene rings is 1. The van der Waals surface area contributed by atoms with Gasteiger partial charge in [-0.25, -0.2) is 4.98 Å². The van der Waals surface area contributed by atoms with E-state index in [-0.39, 0.29) is 10.6 Å². The Morgan fingerprint density at radius 1 is 1.31 bits per heavy atom. The molecule has 0 spiro atoms. The number of aryl methyl sites for hydroxylation is 1. The monoisotopic (exact) mass is 369 g/mol. The molecule has 1 aromatic carbocycles. The minimum atomic E-state index is -0.290. The number of nitrogens with one attached hydrogen (secondary N) is 1. The average Bonchev–Trinajstić information content (AvgIpc) is 3.06. The molecule has 7 nitrogen and oxygen atoms in total. The SMILES string of the molecule is Cc1csc(NC2CCN(c3ccc4ncccc4c3[N+](=O)[O-])CC2)n1. The number of thiazole rings is 1. The van der Waals surface area contributed by atoms with Gasteiger partial charge in [-0.1, -0.05) is 0 Å². The number of nitrogens with zero attached hydrogens (tertiary/aromatic N) is 4. The molecule has 3 heterocycles. The van der Waals surface area contributed by atoms with Crippen LogP contribution in [0.5, 0.6) is 0 Å². The van der Waals surface area contributed by atoms with Crippen molar-refractivity contribution in [3.8, 4) is 0 Å². The molecule has 0 amide bonds. The summed E-state index contributed by atoms with van der Waals surface area (Å²) in [6.07, 6.45) is 3.49. The predicted octanol–water partition coefficient (Wildman–Crippen LogP) is 3.99. The summed E-state index contributed by atoms with van der Waals surface area (Å²) < 4.78 is 0. The number of nitro benzene ring substituents is 1. The summed E-state index contributed by atoms with van der Waals surface area (Å²) in [6.45, 7) is 3.53. The zero-order chi connectivity index (χ0) is 18.1. The number of piperidine rings is 1. The second-order valence-corrected chi connectivity index (χ2v) is 7.32. The van der Waals surface area contributed by atoms with Crippen LogP contribution >= 0.6 is 11.3 Å². The van der Waals surface area contributed by atoms with Crippen LogP contribution in [0.4, 0.5) is 16.5 Å². The van der Waals surface area contributed by atoms with Gasteiger partial charge in [0.1, 0.15) is 5.69 Å². The van der Waals surface area contributed by atoms with E-state index in [9.17, 15) is 10.1 Å². The first-order chi connectivity index (χ1) is 12.6.